The van der Waals surface area contributed by atoms with Gasteiger partial charge in [-0.05, 0) is 80.3 Å². The molecular weight excluding hydrogens is 545 g/mol. The Morgan fingerprint density at radius 1 is 0.927 bits per heavy atom. The van der Waals surface area contributed by atoms with Crippen molar-refractivity contribution < 1.29 is 27.1 Å². The quantitative estimate of drug-likeness (QED) is 0.278. The van der Waals surface area contributed by atoms with Crippen LogP contribution in [-0.4, -0.2) is 57.4 Å². The van der Waals surface area contributed by atoms with Crippen molar-refractivity contribution in [2.75, 3.05) is 30.5 Å². The van der Waals surface area contributed by atoms with Gasteiger partial charge in [0.1, 0.15) is 24.2 Å². The number of halogens is 1. The molecular formula is C31H38FN3O5S. The van der Waals surface area contributed by atoms with Crippen molar-refractivity contribution in [1.82, 2.24) is 10.2 Å². The Balaban J connectivity index is 1.99. The monoisotopic (exact) mass is 583 g/mol. The number of carbonyl (C=O) groups is 2. The predicted molar refractivity (Wildman–Crippen MR) is 158 cm³/mol. The van der Waals surface area contributed by atoms with Gasteiger partial charge in [-0.15, -0.1) is 0 Å². The van der Waals surface area contributed by atoms with Gasteiger partial charge in [-0.25, -0.2) is 12.8 Å². The Bertz CT molecular complexity index is 1370. The number of hydrogen-bond donors (Lipinski definition) is 1. The SMILES string of the molecule is CCCNC(=O)[C@H](CC)N(CCc1ccccc1)C(=O)CN(c1ccc(F)cc1)S(=O)(=O)c1ccc(OCC)cc1. The summed E-state index contributed by atoms with van der Waals surface area (Å²) in [6.07, 6.45) is 1.56. The van der Waals surface area contributed by atoms with Crippen LogP contribution in [0.4, 0.5) is 10.1 Å². The second kappa shape index (κ2) is 15.2. The summed E-state index contributed by atoms with van der Waals surface area (Å²) in [5, 5.41) is 2.86. The van der Waals surface area contributed by atoms with Crippen molar-refractivity contribution in [2.45, 2.75) is 51.0 Å². The highest BCUT2D eigenvalue weighted by atomic mass is 32.2. The molecule has 0 aliphatic heterocycles. The van der Waals surface area contributed by atoms with Gasteiger partial charge in [0, 0.05) is 13.1 Å². The van der Waals surface area contributed by atoms with E-state index < -0.39 is 34.3 Å². The van der Waals surface area contributed by atoms with Crippen LogP contribution < -0.4 is 14.4 Å². The molecule has 0 aromatic heterocycles. The highest BCUT2D eigenvalue weighted by Gasteiger charge is 2.33. The number of nitrogens with zero attached hydrogens (tertiary/aromatic N) is 2. The minimum Gasteiger partial charge on any atom is -0.494 e. The van der Waals surface area contributed by atoms with Gasteiger partial charge in [0.15, 0.2) is 0 Å². The summed E-state index contributed by atoms with van der Waals surface area (Å²) in [6, 6.07) is 19.6. The third-order valence-corrected chi connectivity index (χ3v) is 8.32. The zero-order valence-electron chi connectivity index (χ0n) is 23.8. The second-order valence-corrected chi connectivity index (χ2v) is 11.3. The molecule has 0 aliphatic rings. The van der Waals surface area contributed by atoms with Crippen molar-refractivity contribution in [3.8, 4) is 5.75 Å². The Hall–Kier alpha value is -3.92. The maximum Gasteiger partial charge on any atom is 0.264 e. The van der Waals surface area contributed by atoms with Gasteiger partial charge in [0.05, 0.1) is 17.2 Å². The largest absolute Gasteiger partial charge is 0.494 e. The molecule has 1 N–H and O–H groups in total. The third-order valence-electron chi connectivity index (χ3n) is 6.54. The summed E-state index contributed by atoms with van der Waals surface area (Å²) in [7, 11) is -4.25. The zero-order chi connectivity index (χ0) is 29.8. The molecule has 0 saturated heterocycles. The maximum absolute atomic E-state index is 14.0. The summed E-state index contributed by atoms with van der Waals surface area (Å²) >= 11 is 0. The summed E-state index contributed by atoms with van der Waals surface area (Å²) in [4.78, 5) is 28.4. The van der Waals surface area contributed by atoms with Crippen LogP contribution in [0.2, 0.25) is 0 Å². The minimum atomic E-state index is -4.25. The van der Waals surface area contributed by atoms with E-state index in [1.807, 2.05) is 51.1 Å². The Morgan fingerprint density at radius 3 is 2.17 bits per heavy atom. The first-order chi connectivity index (χ1) is 19.7. The molecule has 0 saturated carbocycles. The number of benzene rings is 3. The van der Waals surface area contributed by atoms with Crippen LogP contribution >= 0.6 is 0 Å². The standard InChI is InChI=1S/C31H38FN3O5S/c1-4-21-33-31(37)29(5-2)34(22-20-24-10-8-7-9-11-24)30(36)23-35(26-14-12-25(32)13-15-26)41(38,39)28-18-16-27(17-19-28)40-6-3/h7-19,29H,4-6,20-23H2,1-3H3,(H,33,37)/t29-/m0/s1. The second-order valence-electron chi connectivity index (χ2n) is 9.43. The Labute approximate surface area is 242 Å². The van der Waals surface area contributed by atoms with E-state index in [-0.39, 0.29) is 23.0 Å². The molecule has 3 aromatic rings. The Kier molecular flexibility index (Phi) is 11.7. The fourth-order valence-electron chi connectivity index (χ4n) is 4.40. The number of ether oxygens (including phenoxy) is 1. The van der Waals surface area contributed by atoms with Crippen molar-refractivity contribution in [3.05, 3.63) is 90.2 Å². The van der Waals surface area contributed by atoms with Crippen LogP contribution in [0.15, 0.2) is 83.8 Å². The third kappa shape index (κ3) is 8.53. The fourth-order valence-corrected chi connectivity index (χ4v) is 5.81. The lowest BCUT2D eigenvalue weighted by atomic mass is 10.1. The summed E-state index contributed by atoms with van der Waals surface area (Å²) in [5.41, 5.74) is 1.10. The average Bonchev–Trinajstić information content (AvgIpc) is 2.98. The van der Waals surface area contributed by atoms with Gasteiger partial charge < -0.3 is 15.0 Å². The smallest absolute Gasteiger partial charge is 0.264 e. The molecule has 2 amide bonds. The summed E-state index contributed by atoms with van der Waals surface area (Å²) in [6.45, 7) is 6.09. The van der Waals surface area contributed by atoms with Gasteiger partial charge in [-0.3, -0.25) is 13.9 Å². The van der Waals surface area contributed by atoms with E-state index in [4.69, 9.17) is 4.74 Å². The molecule has 0 bridgehead atoms. The lowest BCUT2D eigenvalue weighted by molar-refractivity contribution is -0.139. The molecule has 10 heteroatoms. The van der Waals surface area contributed by atoms with Crippen molar-refractivity contribution in [1.29, 1.82) is 0 Å². The van der Waals surface area contributed by atoms with Crippen LogP contribution in [-0.2, 0) is 26.0 Å². The summed E-state index contributed by atoms with van der Waals surface area (Å²) < 4.78 is 47.9. The van der Waals surface area contributed by atoms with Crippen molar-refractivity contribution in [3.63, 3.8) is 0 Å². The lowest BCUT2D eigenvalue weighted by Gasteiger charge is -2.33. The van der Waals surface area contributed by atoms with Crippen LogP contribution in [0.5, 0.6) is 5.75 Å². The van der Waals surface area contributed by atoms with Gasteiger partial charge in [0.25, 0.3) is 10.0 Å². The van der Waals surface area contributed by atoms with Crippen LogP contribution in [0, 0.1) is 5.82 Å². The normalized spacial score (nSPS) is 11.9. The number of carbonyl (C=O) groups excluding carboxylic acids is 2. The maximum atomic E-state index is 14.0. The number of sulfonamides is 1. The highest BCUT2D eigenvalue weighted by molar-refractivity contribution is 7.92. The molecule has 41 heavy (non-hydrogen) atoms. The number of anilines is 1. The van der Waals surface area contributed by atoms with Gasteiger partial charge in [0.2, 0.25) is 11.8 Å². The lowest BCUT2D eigenvalue weighted by Crippen LogP contribution is -2.53. The number of rotatable bonds is 15. The number of nitrogens with one attached hydrogen (secondary N) is 1. The zero-order valence-corrected chi connectivity index (χ0v) is 24.6. The molecule has 0 spiro atoms. The van der Waals surface area contributed by atoms with Gasteiger partial charge in [-0.1, -0.05) is 44.2 Å². The number of hydrogen-bond acceptors (Lipinski definition) is 5. The highest BCUT2D eigenvalue weighted by Crippen LogP contribution is 2.26. The van der Waals surface area contributed by atoms with Gasteiger partial charge >= 0.3 is 0 Å². The molecule has 0 unspecified atom stereocenters. The molecule has 0 radical (unpaired) electrons. The van der Waals surface area contributed by atoms with Crippen LogP contribution in [0.3, 0.4) is 0 Å². The predicted octanol–water partition coefficient (Wildman–Crippen LogP) is 4.80. The molecule has 3 aromatic carbocycles. The van der Waals surface area contributed by atoms with E-state index in [9.17, 15) is 22.4 Å². The first-order valence-corrected chi connectivity index (χ1v) is 15.3. The van der Waals surface area contributed by atoms with E-state index >= 15 is 0 Å². The molecule has 220 valence electrons. The molecule has 8 nitrogen and oxygen atoms in total. The summed E-state index contributed by atoms with van der Waals surface area (Å²) in [5.74, 6) is -0.870. The molecule has 0 aliphatic carbocycles. The molecule has 3 rings (SSSR count). The van der Waals surface area contributed by atoms with E-state index in [0.29, 0.717) is 31.7 Å². The van der Waals surface area contributed by atoms with Crippen molar-refractivity contribution in [2.24, 2.45) is 0 Å². The average molecular weight is 584 g/mol. The van der Waals surface area contributed by atoms with E-state index in [2.05, 4.69) is 5.32 Å². The van der Waals surface area contributed by atoms with Gasteiger partial charge in [-0.2, -0.15) is 0 Å². The van der Waals surface area contributed by atoms with E-state index in [1.165, 1.54) is 29.2 Å². The first-order valence-electron chi connectivity index (χ1n) is 13.8. The minimum absolute atomic E-state index is 0.0540. The van der Waals surface area contributed by atoms with Crippen LogP contribution in [0.25, 0.3) is 0 Å². The first kappa shape index (κ1) is 31.6. The fraction of sp³-hybridized carbons (Fsp3) is 0.355. The van der Waals surface area contributed by atoms with E-state index in [0.717, 1.165) is 28.4 Å². The Morgan fingerprint density at radius 2 is 1.59 bits per heavy atom. The molecule has 0 fully saturated rings. The topological polar surface area (TPSA) is 96.0 Å². The number of amides is 2. The molecule has 1 atom stereocenters. The van der Waals surface area contributed by atoms with Crippen LogP contribution in [0.1, 0.15) is 39.2 Å². The molecule has 0 heterocycles. The van der Waals surface area contributed by atoms with E-state index in [1.54, 1.807) is 12.1 Å². The van der Waals surface area contributed by atoms with Crippen molar-refractivity contribution >= 4 is 27.5 Å².